The van der Waals surface area contributed by atoms with E-state index in [1.165, 1.54) is 11.1 Å². The average Bonchev–Trinajstić information content (AvgIpc) is 2.45. The predicted octanol–water partition coefficient (Wildman–Crippen LogP) is 4.34. The van der Waals surface area contributed by atoms with Crippen molar-refractivity contribution in [1.29, 1.82) is 0 Å². The first kappa shape index (κ1) is 19.8. The van der Waals surface area contributed by atoms with E-state index in [-0.39, 0.29) is 21.7 Å². The molecule has 0 aliphatic rings. The van der Waals surface area contributed by atoms with Crippen molar-refractivity contribution in [3.63, 3.8) is 0 Å². The summed E-state index contributed by atoms with van der Waals surface area (Å²) in [7, 11) is -0.639. The van der Waals surface area contributed by atoms with Gasteiger partial charge < -0.3 is 5.40 Å². The van der Waals surface area contributed by atoms with Gasteiger partial charge in [-0.05, 0) is 11.1 Å². The fraction of sp³-hybridized carbons (Fsp3) is 0.111. The van der Waals surface area contributed by atoms with Crippen LogP contribution >= 0.6 is 0 Å². The van der Waals surface area contributed by atoms with E-state index in [1.807, 2.05) is 36.4 Å². The van der Waals surface area contributed by atoms with Crippen molar-refractivity contribution in [3.8, 4) is 0 Å². The molecule has 0 aromatic heterocycles. The van der Waals surface area contributed by atoms with Gasteiger partial charge in [0.15, 0.2) is 0 Å². The van der Waals surface area contributed by atoms with Gasteiger partial charge in [0, 0.05) is 0 Å². The van der Waals surface area contributed by atoms with E-state index in [0.29, 0.717) is 0 Å². The first-order valence-corrected chi connectivity index (χ1v) is 9.86. The van der Waals surface area contributed by atoms with Crippen LogP contribution in [0.15, 0.2) is 72.8 Å². The van der Waals surface area contributed by atoms with Crippen LogP contribution in [0.4, 0.5) is 0 Å². The summed E-state index contributed by atoms with van der Waals surface area (Å²) in [6.07, 6.45) is 8.31. The molecule has 0 spiro atoms. The van der Waals surface area contributed by atoms with Gasteiger partial charge in [-0.15, -0.1) is 0 Å². The summed E-state index contributed by atoms with van der Waals surface area (Å²) >= 11 is 0. The number of nitrogens with two attached hydrogens (primary N) is 1. The van der Waals surface area contributed by atoms with E-state index in [4.69, 9.17) is 5.40 Å². The number of benzene rings is 2. The van der Waals surface area contributed by atoms with E-state index in [9.17, 15) is 0 Å². The molecule has 106 valence electrons. The second-order valence-electron chi connectivity index (χ2n) is 4.78. The molecule has 0 aliphatic carbocycles. The minimum Gasteiger partial charge on any atom is -0.353 e. The Kier molecular flexibility index (Phi) is 11.8. The maximum atomic E-state index is 5.25. The normalized spacial score (nSPS) is 10.3. The molecule has 0 bridgehead atoms. The molecule has 3 heteroatoms. The first-order valence-electron chi connectivity index (χ1n) is 6.89. The number of hydrogen-bond donors (Lipinski definition) is 1. The monoisotopic (exact) mass is 329 g/mol. The molecule has 0 saturated heterocycles. The number of allylic oxidation sites excluding steroid dienone is 2. The van der Waals surface area contributed by atoms with Crippen LogP contribution in [0.3, 0.4) is 0 Å². The van der Waals surface area contributed by atoms with Crippen LogP contribution in [0, 0.1) is 0 Å². The minimum absolute atomic E-state index is 0. The molecule has 0 atom stereocenters. The molecule has 0 heterocycles. The molecular formula is C18H23NSiTi+2. The van der Waals surface area contributed by atoms with E-state index >= 15 is 0 Å². The van der Waals surface area contributed by atoms with Crippen molar-refractivity contribution in [2.45, 2.75) is 13.1 Å². The van der Waals surface area contributed by atoms with Gasteiger partial charge in [-0.2, -0.15) is 0 Å². The Morgan fingerprint density at radius 2 is 1.00 bits per heavy atom. The van der Waals surface area contributed by atoms with Gasteiger partial charge in [-0.25, -0.2) is 0 Å². The summed E-state index contributed by atoms with van der Waals surface area (Å²) in [4.78, 5) is 0. The zero-order valence-corrected chi connectivity index (χ0v) is 15.5. The summed E-state index contributed by atoms with van der Waals surface area (Å²) in [5.74, 6) is 0. The van der Waals surface area contributed by atoms with E-state index in [0.717, 1.165) is 0 Å². The van der Waals surface area contributed by atoms with Gasteiger partial charge in [0.05, 0.1) is 8.96 Å². The summed E-state index contributed by atoms with van der Waals surface area (Å²) in [6.45, 7) is 4.17. The predicted molar refractivity (Wildman–Crippen MR) is 94.0 cm³/mol. The van der Waals surface area contributed by atoms with Gasteiger partial charge in [-0.1, -0.05) is 98.1 Å². The Hall–Kier alpha value is -1.19. The van der Waals surface area contributed by atoms with E-state index in [1.54, 1.807) is 0 Å². The van der Waals surface area contributed by atoms with Crippen LogP contribution in [0.2, 0.25) is 13.1 Å². The summed E-state index contributed by atoms with van der Waals surface area (Å²) in [5.41, 5.74) is 2.44. The van der Waals surface area contributed by atoms with E-state index in [2.05, 4.69) is 61.7 Å². The van der Waals surface area contributed by atoms with Gasteiger partial charge in [0.2, 0.25) is 0 Å². The Labute approximate surface area is 145 Å². The molecule has 2 rings (SSSR count). The summed E-state index contributed by atoms with van der Waals surface area (Å²) in [5, 5.41) is 5.25. The molecule has 0 fully saturated rings. The van der Waals surface area contributed by atoms with Crippen molar-refractivity contribution >= 4 is 21.1 Å². The van der Waals surface area contributed by atoms with Crippen molar-refractivity contribution in [2.75, 3.05) is 0 Å². The van der Waals surface area contributed by atoms with Gasteiger partial charge >= 0.3 is 21.7 Å². The Bertz CT molecular complexity index is 471. The Balaban J connectivity index is 0.000000715. The minimum atomic E-state index is -0.639. The van der Waals surface area contributed by atoms with Crippen molar-refractivity contribution < 1.29 is 21.7 Å². The number of hydrogen-bond acceptors (Lipinski definition) is 1. The van der Waals surface area contributed by atoms with Crippen molar-refractivity contribution in [1.82, 2.24) is 0 Å². The quantitative estimate of drug-likeness (QED) is 0.658. The molecule has 0 radical (unpaired) electrons. The van der Waals surface area contributed by atoms with Gasteiger partial charge in [0.25, 0.3) is 0 Å². The third kappa shape index (κ3) is 11.2. The van der Waals surface area contributed by atoms with Crippen LogP contribution in [-0.4, -0.2) is 8.96 Å². The Morgan fingerprint density at radius 3 is 1.29 bits per heavy atom. The average molecular weight is 329 g/mol. The fourth-order valence-electron chi connectivity index (χ4n) is 1.46. The second kappa shape index (κ2) is 12.5. The zero-order chi connectivity index (χ0) is 14.6. The van der Waals surface area contributed by atoms with Crippen LogP contribution in [0.25, 0.3) is 12.2 Å². The molecule has 2 aromatic carbocycles. The Morgan fingerprint density at radius 1 is 0.714 bits per heavy atom. The van der Waals surface area contributed by atoms with E-state index < -0.39 is 8.96 Å². The summed E-state index contributed by atoms with van der Waals surface area (Å²) in [6, 6.07) is 20.6. The van der Waals surface area contributed by atoms with Crippen molar-refractivity contribution in [3.05, 3.63) is 83.9 Å². The largest absolute Gasteiger partial charge is 2.00 e. The maximum absolute atomic E-state index is 5.25. The molecule has 0 saturated carbocycles. The summed E-state index contributed by atoms with van der Waals surface area (Å²) < 4.78 is 0. The second-order valence-corrected chi connectivity index (χ2v) is 7.27. The third-order valence-electron chi connectivity index (χ3n) is 2.29. The topological polar surface area (TPSA) is 26.0 Å². The smallest absolute Gasteiger partial charge is 0.353 e. The number of rotatable bonds is 3. The maximum Gasteiger partial charge on any atom is 2.00 e. The molecular weight excluding hydrogens is 306 g/mol. The first-order chi connectivity index (χ1) is 9.68. The van der Waals surface area contributed by atoms with Gasteiger partial charge in [-0.3, -0.25) is 0 Å². The molecule has 2 N–H and O–H groups in total. The molecule has 0 unspecified atom stereocenters. The standard InChI is InChI=1S/C16H14.C2H9NSi.Ti/c1-3-9-15(10-4-1)13-7-8-14-16-11-5-2-6-12-16;1-4(2)3;/h1-14H;4H,3H2,1-2H3;/q;;+2. The van der Waals surface area contributed by atoms with Crippen LogP contribution < -0.4 is 5.40 Å². The third-order valence-corrected chi connectivity index (χ3v) is 2.29. The zero-order valence-electron chi connectivity index (χ0n) is 12.7. The molecule has 2 aromatic rings. The SMILES string of the molecule is C(C=Cc1ccccc1)=Cc1ccccc1.C[SiH](C)N.[Ti+2]. The fourth-order valence-corrected chi connectivity index (χ4v) is 1.46. The van der Waals surface area contributed by atoms with Crippen LogP contribution in [0.5, 0.6) is 0 Å². The van der Waals surface area contributed by atoms with Crippen LogP contribution in [-0.2, 0) is 21.7 Å². The molecule has 0 aliphatic heterocycles. The molecule has 0 amide bonds. The molecule has 21 heavy (non-hydrogen) atoms. The van der Waals surface area contributed by atoms with Gasteiger partial charge in [0.1, 0.15) is 0 Å². The molecule has 1 nitrogen and oxygen atoms in total. The van der Waals surface area contributed by atoms with Crippen molar-refractivity contribution in [2.24, 2.45) is 5.40 Å². The van der Waals surface area contributed by atoms with Crippen LogP contribution in [0.1, 0.15) is 11.1 Å².